The van der Waals surface area contributed by atoms with Gasteiger partial charge in [-0.1, -0.05) is 0 Å². The fourth-order valence-electron chi connectivity index (χ4n) is 2.49. The van der Waals surface area contributed by atoms with E-state index in [4.69, 9.17) is 9.84 Å². The number of hydrogen-bond acceptors (Lipinski definition) is 10. The zero-order valence-electron chi connectivity index (χ0n) is 11.8. The summed E-state index contributed by atoms with van der Waals surface area (Å²) in [5.41, 5.74) is -2.76. The standard InChI is InChI=1S/C12H22O10/c1-4(15)12(21,10(20)5(16)2-13)11-9(19)8(18)7(17)6(3-14)22-11/h2,4-11,14-21H,3H2,1H3. The molecule has 0 aromatic carbocycles. The molecular formula is C12H22O10. The van der Waals surface area contributed by atoms with Gasteiger partial charge in [-0.15, -0.1) is 0 Å². The predicted molar refractivity (Wildman–Crippen MR) is 68.5 cm³/mol. The van der Waals surface area contributed by atoms with Crippen LogP contribution >= 0.6 is 0 Å². The van der Waals surface area contributed by atoms with E-state index >= 15 is 0 Å². The van der Waals surface area contributed by atoms with Gasteiger partial charge in [0.05, 0.1) is 12.7 Å². The van der Waals surface area contributed by atoms with Crippen molar-refractivity contribution in [2.75, 3.05) is 6.61 Å². The number of hydrogen-bond donors (Lipinski definition) is 8. The van der Waals surface area contributed by atoms with E-state index < -0.39 is 61.0 Å². The highest BCUT2D eigenvalue weighted by Gasteiger charge is 2.58. The highest BCUT2D eigenvalue weighted by molar-refractivity contribution is 5.57. The third-order valence-corrected chi connectivity index (χ3v) is 3.95. The van der Waals surface area contributed by atoms with Crippen molar-refractivity contribution in [2.45, 2.75) is 61.4 Å². The van der Waals surface area contributed by atoms with E-state index in [1.807, 2.05) is 0 Å². The first-order valence-corrected chi connectivity index (χ1v) is 6.65. The maximum atomic E-state index is 10.6. The molecule has 130 valence electrons. The van der Waals surface area contributed by atoms with Crippen LogP contribution in [0.3, 0.4) is 0 Å². The molecule has 10 heteroatoms. The van der Waals surface area contributed by atoms with Crippen molar-refractivity contribution in [3.63, 3.8) is 0 Å². The van der Waals surface area contributed by atoms with Crippen LogP contribution in [0.1, 0.15) is 6.92 Å². The molecule has 1 aliphatic heterocycles. The van der Waals surface area contributed by atoms with Gasteiger partial charge in [0.2, 0.25) is 0 Å². The highest BCUT2D eigenvalue weighted by atomic mass is 16.6. The number of carbonyl (C=O) groups excluding carboxylic acids is 1. The summed E-state index contributed by atoms with van der Waals surface area (Å²) in [5, 5.41) is 77.9. The number of ether oxygens (including phenoxy) is 1. The van der Waals surface area contributed by atoms with Gasteiger partial charge in [0.25, 0.3) is 0 Å². The van der Waals surface area contributed by atoms with E-state index in [2.05, 4.69) is 0 Å². The van der Waals surface area contributed by atoms with Crippen LogP contribution in [-0.4, -0.2) is 108 Å². The van der Waals surface area contributed by atoms with Gasteiger partial charge in [-0.2, -0.15) is 0 Å². The monoisotopic (exact) mass is 326 g/mol. The van der Waals surface area contributed by atoms with Gasteiger partial charge in [-0.3, -0.25) is 0 Å². The Morgan fingerprint density at radius 1 is 1.14 bits per heavy atom. The Kier molecular flexibility index (Phi) is 6.38. The summed E-state index contributed by atoms with van der Waals surface area (Å²) in [4.78, 5) is 10.6. The molecule has 0 aromatic heterocycles. The maximum Gasteiger partial charge on any atom is 0.151 e. The molecule has 0 saturated carbocycles. The number of aliphatic hydroxyl groups is 8. The second-order valence-corrected chi connectivity index (χ2v) is 5.38. The average Bonchev–Trinajstić information content (AvgIpc) is 2.50. The Balaban J connectivity index is 3.21. The van der Waals surface area contributed by atoms with Crippen LogP contribution in [0.25, 0.3) is 0 Å². The van der Waals surface area contributed by atoms with Crippen molar-refractivity contribution in [2.24, 2.45) is 0 Å². The Bertz CT molecular complexity index is 375. The van der Waals surface area contributed by atoms with Crippen LogP contribution in [0.4, 0.5) is 0 Å². The maximum absolute atomic E-state index is 10.6. The summed E-state index contributed by atoms with van der Waals surface area (Å²) < 4.78 is 5.07. The summed E-state index contributed by atoms with van der Waals surface area (Å²) in [6.45, 7) is 0.214. The van der Waals surface area contributed by atoms with Gasteiger partial charge in [0, 0.05) is 0 Å². The minimum absolute atomic E-state index is 0.0952. The lowest BCUT2D eigenvalue weighted by atomic mass is 9.77. The molecule has 1 fully saturated rings. The molecule has 0 aliphatic carbocycles. The number of carbonyl (C=O) groups is 1. The fraction of sp³-hybridized carbons (Fsp3) is 0.917. The number of rotatable bonds is 6. The van der Waals surface area contributed by atoms with Crippen molar-refractivity contribution in [1.82, 2.24) is 0 Å². The van der Waals surface area contributed by atoms with Crippen molar-refractivity contribution in [3.05, 3.63) is 0 Å². The SMILES string of the molecule is CC(O)C(O)(C(O)C(O)C=O)C1OC(CO)C(O)C(O)C1O. The van der Waals surface area contributed by atoms with E-state index in [1.54, 1.807) is 0 Å². The van der Waals surface area contributed by atoms with Gasteiger partial charge >= 0.3 is 0 Å². The molecular weight excluding hydrogens is 304 g/mol. The summed E-state index contributed by atoms with van der Waals surface area (Å²) in [6, 6.07) is 0. The lowest BCUT2D eigenvalue weighted by Gasteiger charge is -2.49. The van der Waals surface area contributed by atoms with Gasteiger partial charge in [-0.05, 0) is 6.92 Å². The van der Waals surface area contributed by atoms with Crippen LogP contribution in [0.5, 0.6) is 0 Å². The molecule has 9 atom stereocenters. The highest BCUT2D eigenvalue weighted by Crippen LogP contribution is 2.33. The second-order valence-electron chi connectivity index (χ2n) is 5.38. The molecule has 1 rings (SSSR count). The van der Waals surface area contributed by atoms with Crippen LogP contribution in [0.2, 0.25) is 0 Å². The molecule has 0 radical (unpaired) electrons. The predicted octanol–water partition coefficient (Wildman–Crippen LogP) is -5.14. The lowest BCUT2D eigenvalue weighted by Crippen LogP contribution is -2.72. The first kappa shape index (κ1) is 19.4. The first-order valence-electron chi connectivity index (χ1n) is 6.65. The number of aliphatic hydroxyl groups excluding tert-OH is 7. The quantitative estimate of drug-likeness (QED) is 0.219. The Morgan fingerprint density at radius 2 is 1.68 bits per heavy atom. The molecule has 8 N–H and O–H groups in total. The molecule has 1 heterocycles. The molecule has 0 spiro atoms. The summed E-state index contributed by atoms with van der Waals surface area (Å²) in [7, 11) is 0. The molecule has 10 nitrogen and oxygen atoms in total. The van der Waals surface area contributed by atoms with Gasteiger partial charge in [0.15, 0.2) is 6.29 Å². The Morgan fingerprint density at radius 3 is 2.09 bits per heavy atom. The molecule has 0 bridgehead atoms. The molecule has 9 unspecified atom stereocenters. The summed E-state index contributed by atoms with van der Waals surface area (Å²) in [6.07, 6.45) is -15.1. The normalized spacial score (nSPS) is 39.6. The lowest BCUT2D eigenvalue weighted by molar-refractivity contribution is -0.305. The van der Waals surface area contributed by atoms with Gasteiger partial charge in [-0.25, -0.2) is 0 Å². The van der Waals surface area contributed by atoms with Crippen molar-refractivity contribution in [3.8, 4) is 0 Å². The van der Waals surface area contributed by atoms with E-state index in [-0.39, 0.29) is 6.29 Å². The second kappa shape index (κ2) is 7.25. The van der Waals surface area contributed by atoms with E-state index in [9.17, 15) is 40.5 Å². The zero-order valence-corrected chi connectivity index (χ0v) is 11.8. The average molecular weight is 326 g/mol. The topological polar surface area (TPSA) is 188 Å². The summed E-state index contributed by atoms with van der Waals surface area (Å²) >= 11 is 0. The molecule has 1 aliphatic rings. The minimum atomic E-state index is -2.76. The van der Waals surface area contributed by atoms with E-state index in [0.29, 0.717) is 0 Å². The Hall–Kier alpha value is -0.690. The summed E-state index contributed by atoms with van der Waals surface area (Å²) in [5.74, 6) is 0. The molecule has 0 amide bonds. The molecule has 1 saturated heterocycles. The van der Waals surface area contributed by atoms with Crippen LogP contribution < -0.4 is 0 Å². The molecule has 0 aromatic rings. The third-order valence-electron chi connectivity index (χ3n) is 3.95. The van der Waals surface area contributed by atoms with Crippen molar-refractivity contribution < 1.29 is 50.4 Å². The zero-order chi connectivity index (χ0) is 17.2. The van der Waals surface area contributed by atoms with E-state index in [0.717, 1.165) is 6.92 Å². The van der Waals surface area contributed by atoms with Crippen LogP contribution in [0, 0.1) is 0 Å². The fourth-order valence-corrected chi connectivity index (χ4v) is 2.49. The first-order chi connectivity index (χ1) is 10.1. The van der Waals surface area contributed by atoms with Crippen molar-refractivity contribution >= 4 is 6.29 Å². The number of aldehydes is 1. The smallest absolute Gasteiger partial charge is 0.151 e. The van der Waals surface area contributed by atoms with Crippen LogP contribution in [-0.2, 0) is 9.53 Å². The minimum Gasteiger partial charge on any atom is -0.394 e. The van der Waals surface area contributed by atoms with E-state index in [1.165, 1.54) is 0 Å². The third kappa shape index (κ3) is 3.15. The van der Waals surface area contributed by atoms with Crippen LogP contribution in [0.15, 0.2) is 0 Å². The van der Waals surface area contributed by atoms with Gasteiger partial charge < -0.3 is 50.4 Å². The Labute approximate surface area is 125 Å². The molecule has 22 heavy (non-hydrogen) atoms. The van der Waals surface area contributed by atoms with Crippen molar-refractivity contribution in [1.29, 1.82) is 0 Å². The largest absolute Gasteiger partial charge is 0.394 e. The van der Waals surface area contributed by atoms with Gasteiger partial charge in [0.1, 0.15) is 48.3 Å².